The highest BCUT2D eigenvalue weighted by Crippen LogP contribution is 2.17. The molecule has 0 radical (unpaired) electrons. The topological polar surface area (TPSA) is 42.6 Å². The lowest BCUT2D eigenvalue weighted by molar-refractivity contribution is 0.0948. The minimum absolute atomic E-state index is 0.109. The lowest BCUT2D eigenvalue weighted by Crippen LogP contribution is -1.90. The lowest BCUT2D eigenvalue weighted by Gasteiger charge is -1.98. The number of hydrogen-bond acceptors (Lipinski definition) is 4. The first-order chi connectivity index (χ1) is 8.38. The molecule has 88 valence electrons. The Morgan fingerprint density at radius 3 is 3.00 bits per heavy atom. The van der Waals surface area contributed by atoms with E-state index in [1.807, 2.05) is 24.3 Å². The Balaban J connectivity index is 1.81. The Morgan fingerprint density at radius 1 is 1.29 bits per heavy atom. The zero-order valence-corrected chi connectivity index (χ0v) is 10.00. The molecule has 2 aromatic rings. The van der Waals surface area contributed by atoms with Gasteiger partial charge in [-0.05, 0) is 24.3 Å². The molecule has 0 aromatic carbocycles. The van der Waals surface area contributed by atoms with E-state index in [9.17, 15) is 0 Å². The van der Waals surface area contributed by atoms with Crippen LogP contribution in [0.25, 0.3) is 0 Å². The summed E-state index contributed by atoms with van der Waals surface area (Å²) in [5, 5.41) is 8.58. The molecular formula is C13H12O3S. The van der Waals surface area contributed by atoms with Gasteiger partial charge in [0.15, 0.2) is 0 Å². The van der Waals surface area contributed by atoms with Gasteiger partial charge >= 0.3 is 0 Å². The van der Waals surface area contributed by atoms with E-state index in [0.29, 0.717) is 13.2 Å². The third kappa shape index (κ3) is 3.75. The fraction of sp³-hybridized carbons (Fsp3) is 0.231. The van der Waals surface area contributed by atoms with Gasteiger partial charge in [0.25, 0.3) is 0 Å². The van der Waals surface area contributed by atoms with Crippen molar-refractivity contribution < 1.29 is 14.3 Å². The van der Waals surface area contributed by atoms with Crippen LogP contribution in [0.15, 0.2) is 34.9 Å². The maximum Gasteiger partial charge on any atom is 0.129 e. The summed E-state index contributed by atoms with van der Waals surface area (Å²) in [5.74, 6) is 6.30. The van der Waals surface area contributed by atoms with Crippen molar-refractivity contribution in [2.75, 3.05) is 6.61 Å². The summed E-state index contributed by atoms with van der Waals surface area (Å²) in [5.41, 5.74) is 0. The molecule has 0 aliphatic carbocycles. The second kappa shape index (κ2) is 6.26. The maximum absolute atomic E-state index is 8.58. The normalized spacial score (nSPS) is 9.94. The number of rotatable bonds is 4. The molecule has 0 unspecified atom stereocenters. The van der Waals surface area contributed by atoms with Crippen molar-refractivity contribution in [3.8, 4) is 11.8 Å². The molecule has 0 atom stereocenters. The van der Waals surface area contributed by atoms with Gasteiger partial charge < -0.3 is 14.3 Å². The molecule has 0 saturated carbocycles. The standard InChI is InChI=1S/C13H12O3S/c14-7-1-4-12-5-6-13(17-12)10-15-9-11-3-2-8-16-11/h2-3,5-6,8,14H,7,9-10H2. The Labute approximate surface area is 104 Å². The van der Waals surface area contributed by atoms with Crippen LogP contribution in [-0.4, -0.2) is 11.7 Å². The van der Waals surface area contributed by atoms with Gasteiger partial charge in [-0.25, -0.2) is 0 Å². The lowest BCUT2D eigenvalue weighted by atomic mass is 10.4. The zero-order valence-electron chi connectivity index (χ0n) is 9.18. The summed E-state index contributed by atoms with van der Waals surface area (Å²) in [6.07, 6.45) is 1.63. The van der Waals surface area contributed by atoms with Crippen LogP contribution < -0.4 is 0 Å². The first-order valence-corrected chi connectivity index (χ1v) is 5.98. The molecule has 0 saturated heterocycles. The highest BCUT2D eigenvalue weighted by molar-refractivity contribution is 7.12. The number of hydrogen-bond donors (Lipinski definition) is 1. The third-order valence-electron chi connectivity index (χ3n) is 2.02. The van der Waals surface area contributed by atoms with Crippen LogP contribution in [0.3, 0.4) is 0 Å². The van der Waals surface area contributed by atoms with Crippen molar-refractivity contribution >= 4 is 11.3 Å². The van der Waals surface area contributed by atoms with Gasteiger partial charge in [0.1, 0.15) is 19.0 Å². The van der Waals surface area contributed by atoms with Gasteiger partial charge in [-0.3, -0.25) is 0 Å². The third-order valence-corrected chi connectivity index (χ3v) is 3.00. The van der Waals surface area contributed by atoms with Crippen LogP contribution >= 0.6 is 11.3 Å². The fourth-order valence-electron chi connectivity index (χ4n) is 1.30. The molecule has 1 N–H and O–H groups in total. The SMILES string of the molecule is OCC#Cc1ccc(COCc2ccco2)s1. The van der Waals surface area contributed by atoms with Crippen LogP contribution in [0.2, 0.25) is 0 Å². The summed E-state index contributed by atoms with van der Waals surface area (Å²) in [4.78, 5) is 2.05. The highest BCUT2D eigenvalue weighted by atomic mass is 32.1. The molecule has 0 amide bonds. The Kier molecular flexibility index (Phi) is 4.39. The van der Waals surface area contributed by atoms with Crippen molar-refractivity contribution in [1.82, 2.24) is 0 Å². The number of furan rings is 1. The predicted octanol–water partition coefficient (Wildman–Crippen LogP) is 2.40. The molecule has 17 heavy (non-hydrogen) atoms. The van der Waals surface area contributed by atoms with E-state index in [0.717, 1.165) is 15.5 Å². The van der Waals surface area contributed by atoms with Crippen LogP contribution in [-0.2, 0) is 18.0 Å². The van der Waals surface area contributed by atoms with Gasteiger partial charge in [-0.2, -0.15) is 0 Å². The molecule has 2 rings (SSSR count). The molecule has 3 nitrogen and oxygen atoms in total. The second-order valence-electron chi connectivity index (χ2n) is 3.30. The molecular weight excluding hydrogens is 236 g/mol. The molecule has 2 heterocycles. The van der Waals surface area contributed by atoms with Crippen LogP contribution in [0.5, 0.6) is 0 Å². The molecule has 0 aliphatic rings. The smallest absolute Gasteiger partial charge is 0.129 e. The number of aliphatic hydroxyl groups is 1. The molecule has 2 aromatic heterocycles. The molecule has 0 aliphatic heterocycles. The average Bonchev–Trinajstić information content (AvgIpc) is 2.98. The van der Waals surface area contributed by atoms with Crippen LogP contribution in [0.1, 0.15) is 15.5 Å². The Morgan fingerprint density at radius 2 is 2.24 bits per heavy atom. The quantitative estimate of drug-likeness (QED) is 0.845. The van der Waals surface area contributed by atoms with Crippen molar-refractivity contribution in [1.29, 1.82) is 0 Å². The van der Waals surface area contributed by atoms with Gasteiger partial charge in [0.05, 0.1) is 17.7 Å². The summed E-state index contributed by atoms with van der Waals surface area (Å²) < 4.78 is 10.7. The van der Waals surface area contributed by atoms with E-state index in [4.69, 9.17) is 14.3 Å². The first kappa shape index (κ1) is 11.9. The number of ether oxygens (including phenoxy) is 1. The van der Waals surface area contributed by atoms with Crippen LogP contribution in [0.4, 0.5) is 0 Å². The Hall–Kier alpha value is -1.54. The highest BCUT2D eigenvalue weighted by Gasteiger charge is 2.00. The Bertz CT molecular complexity index is 502. The van der Waals surface area contributed by atoms with E-state index >= 15 is 0 Å². The van der Waals surface area contributed by atoms with Gasteiger partial charge in [0.2, 0.25) is 0 Å². The zero-order chi connectivity index (χ0) is 11.9. The minimum atomic E-state index is -0.109. The van der Waals surface area contributed by atoms with E-state index in [2.05, 4.69) is 11.8 Å². The summed E-state index contributed by atoms with van der Waals surface area (Å²) in [6, 6.07) is 7.63. The molecule has 0 bridgehead atoms. The van der Waals surface area contributed by atoms with Crippen molar-refractivity contribution in [3.05, 3.63) is 46.0 Å². The van der Waals surface area contributed by atoms with Crippen molar-refractivity contribution in [2.45, 2.75) is 13.2 Å². The average molecular weight is 248 g/mol. The summed E-state index contributed by atoms with van der Waals surface area (Å²) in [6.45, 7) is 0.914. The van der Waals surface area contributed by atoms with Crippen LogP contribution in [0, 0.1) is 11.8 Å². The van der Waals surface area contributed by atoms with E-state index in [1.54, 1.807) is 17.6 Å². The fourth-order valence-corrected chi connectivity index (χ4v) is 2.12. The molecule has 0 spiro atoms. The first-order valence-electron chi connectivity index (χ1n) is 5.17. The largest absolute Gasteiger partial charge is 0.467 e. The van der Waals surface area contributed by atoms with Gasteiger partial charge in [0, 0.05) is 4.88 Å². The molecule has 4 heteroatoms. The maximum atomic E-state index is 8.58. The van der Waals surface area contributed by atoms with Gasteiger partial charge in [-0.1, -0.05) is 11.8 Å². The minimum Gasteiger partial charge on any atom is -0.467 e. The predicted molar refractivity (Wildman–Crippen MR) is 65.5 cm³/mol. The summed E-state index contributed by atoms with van der Waals surface area (Å²) >= 11 is 1.57. The van der Waals surface area contributed by atoms with Crippen molar-refractivity contribution in [2.24, 2.45) is 0 Å². The number of thiophene rings is 1. The van der Waals surface area contributed by atoms with E-state index in [-0.39, 0.29) is 6.61 Å². The van der Waals surface area contributed by atoms with Gasteiger partial charge in [-0.15, -0.1) is 11.3 Å². The monoisotopic (exact) mass is 248 g/mol. The summed E-state index contributed by atoms with van der Waals surface area (Å²) in [7, 11) is 0. The van der Waals surface area contributed by atoms with Crippen molar-refractivity contribution in [3.63, 3.8) is 0 Å². The van der Waals surface area contributed by atoms with E-state index < -0.39 is 0 Å². The molecule has 0 fully saturated rings. The van der Waals surface area contributed by atoms with E-state index in [1.165, 1.54) is 0 Å². The number of aliphatic hydroxyl groups excluding tert-OH is 1. The second-order valence-corrected chi connectivity index (χ2v) is 4.47.